The second-order valence-corrected chi connectivity index (χ2v) is 10.3. The van der Waals surface area contributed by atoms with Gasteiger partial charge in [0.1, 0.15) is 12.3 Å². The summed E-state index contributed by atoms with van der Waals surface area (Å²) in [5, 5.41) is 3.50. The molecule has 0 bridgehead atoms. The highest BCUT2D eigenvalue weighted by molar-refractivity contribution is 7.17. The van der Waals surface area contributed by atoms with Gasteiger partial charge in [0.15, 0.2) is 0 Å². The van der Waals surface area contributed by atoms with Crippen molar-refractivity contribution in [2.45, 2.75) is 47.1 Å². The maximum atomic E-state index is 12.3. The van der Waals surface area contributed by atoms with Gasteiger partial charge in [0.25, 0.3) is 0 Å². The lowest BCUT2D eigenvalue weighted by atomic mass is 9.96. The van der Waals surface area contributed by atoms with Crippen molar-refractivity contribution in [1.29, 1.82) is 0 Å². The average molecular weight is 433 g/mol. The highest BCUT2D eigenvalue weighted by atomic mass is 31.1. The second kappa shape index (κ2) is 12.9. The van der Waals surface area contributed by atoms with Crippen molar-refractivity contribution >= 4 is 14.7 Å². The molecule has 1 rings (SSSR count). The lowest BCUT2D eigenvalue weighted by Crippen LogP contribution is -2.47. The molecule has 0 amide bonds. The van der Waals surface area contributed by atoms with Crippen LogP contribution in [0.25, 0.3) is 0 Å². The van der Waals surface area contributed by atoms with Gasteiger partial charge in [-0.3, -0.25) is 19.1 Å². The fraction of sp³-hybridized carbons (Fsp3) is 0.950. The molecule has 29 heavy (non-hydrogen) atoms. The standard InChI is InChI=1S/C20H41N4O4P/c1-19(2,3)16-23-10-8-21-7-9-22(15-18(25)28-20(4,5)6)11-13-24(14-12-23)17-27-29-26/h21H,7-17H2,1-6H3. The van der Waals surface area contributed by atoms with E-state index in [0.29, 0.717) is 6.73 Å². The van der Waals surface area contributed by atoms with Gasteiger partial charge in [-0.25, -0.2) is 4.57 Å². The van der Waals surface area contributed by atoms with Gasteiger partial charge >= 0.3 is 14.7 Å². The van der Waals surface area contributed by atoms with Crippen molar-refractivity contribution in [2.75, 3.05) is 72.2 Å². The molecule has 0 aromatic rings. The Morgan fingerprint density at radius 2 is 1.45 bits per heavy atom. The monoisotopic (exact) mass is 432 g/mol. The molecule has 1 N–H and O–H groups in total. The zero-order chi connectivity index (χ0) is 21.9. The molecular weight excluding hydrogens is 391 g/mol. The van der Waals surface area contributed by atoms with Crippen LogP contribution >= 0.6 is 8.69 Å². The molecule has 8 nitrogen and oxygen atoms in total. The van der Waals surface area contributed by atoms with Gasteiger partial charge in [0.2, 0.25) is 0 Å². The van der Waals surface area contributed by atoms with E-state index in [9.17, 15) is 9.36 Å². The summed E-state index contributed by atoms with van der Waals surface area (Å²) in [6.07, 6.45) is 0. The Bertz CT molecular complexity index is 494. The predicted molar refractivity (Wildman–Crippen MR) is 116 cm³/mol. The van der Waals surface area contributed by atoms with E-state index >= 15 is 0 Å². The summed E-state index contributed by atoms with van der Waals surface area (Å²) in [6, 6.07) is 0. The van der Waals surface area contributed by atoms with Gasteiger partial charge in [-0.1, -0.05) is 20.8 Å². The fourth-order valence-corrected chi connectivity index (χ4v) is 3.49. The highest BCUT2D eigenvalue weighted by Gasteiger charge is 2.21. The number of nitrogens with one attached hydrogen (secondary N) is 1. The first kappa shape index (κ1) is 26.4. The molecule has 1 aliphatic rings. The summed E-state index contributed by atoms with van der Waals surface area (Å²) in [5.74, 6) is -0.207. The Kier molecular flexibility index (Phi) is 11.8. The summed E-state index contributed by atoms with van der Waals surface area (Å²) < 4.78 is 21.4. The first-order valence-corrected chi connectivity index (χ1v) is 11.3. The van der Waals surface area contributed by atoms with Crippen LogP contribution in [-0.2, 0) is 18.6 Å². The van der Waals surface area contributed by atoms with Gasteiger partial charge in [0.05, 0.1) is 6.54 Å². The van der Waals surface area contributed by atoms with Crippen LogP contribution in [0, 0.1) is 5.41 Å². The number of rotatable bonds is 6. The lowest BCUT2D eigenvalue weighted by Gasteiger charge is -2.33. The summed E-state index contributed by atoms with van der Waals surface area (Å²) in [7, 11) is -0.306. The quantitative estimate of drug-likeness (QED) is 0.505. The molecule has 0 aromatic heterocycles. The lowest BCUT2D eigenvalue weighted by molar-refractivity contribution is -0.156. The van der Waals surface area contributed by atoms with Crippen molar-refractivity contribution in [1.82, 2.24) is 20.0 Å². The van der Waals surface area contributed by atoms with Crippen LogP contribution in [0.15, 0.2) is 0 Å². The Morgan fingerprint density at radius 1 is 0.897 bits per heavy atom. The van der Waals surface area contributed by atoms with E-state index in [1.165, 1.54) is 0 Å². The number of nitrogens with zero attached hydrogens (tertiary/aromatic N) is 3. The molecule has 9 heteroatoms. The molecule has 0 saturated carbocycles. The number of ether oxygens (including phenoxy) is 1. The van der Waals surface area contributed by atoms with Crippen LogP contribution in [0.5, 0.6) is 0 Å². The maximum absolute atomic E-state index is 12.3. The smallest absolute Gasteiger partial charge is 0.328 e. The minimum absolute atomic E-state index is 0.207. The minimum Gasteiger partial charge on any atom is -0.459 e. The van der Waals surface area contributed by atoms with E-state index in [2.05, 4.69) is 40.8 Å². The number of carbonyl (C=O) groups excluding carboxylic acids is 1. The molecule has 1 saturated heterocycles. The normalized spacial score (nSPS) is 20.2. The van der Waals surface area contributed by atoms with E-state index in [1.807, 2.05) is 20.8 Å². The van der Waals surface area contributed by atoms with Crippen LogP contribution in [0.4, 0.5) is 0 Å². The molecule has 1 heterocycles. The van der Waals surface area contributed by atoms with E-state index in [-0.39, 0.29) is 26.6 Å². The largest absolute Gasteiger partial charge is 0.459 e. The SMILES string of the molecule is CC(C)(C)CN1CCNCCN(CC(=O)OC(C)(C)C)CCN(COP=O)CC1. The Balaban J connectivity index is 2.71. The van der Waals surface area contributed by atoms with Gasteiger partial charge in [0, 0.05) is 58.9 Å². The highest BCUT2D eigenvalue weighted by Crippen LogP contribution is 2.15. The molecule has 0 unspecified atom stereocenters. The summed E-state index contributed by atoms with van der Waals surface area (Å²) in [6.45, 7) is 20.7. The van der Waals surface area contributed by atoms with Gasteiger partial charge in [-0.2, -0.15) is 0 Å². The molecule has 1 aliphatic heterocycles. The van der Waals surface area contributed by atoms with Crippen LogP contribution in [0.2, 0.25) is 0 Å². The van der Waals surface area contributed by atoms with Gasteiger partial charge < -0.3 is 15.0 Å². The number of hydrogen-bond acceptors (Lipinski definition) is 8. The minimum atomic E-state index is -0.481. The topological polar surface area (TPSA) is 74.3 Å². The number of esters is 1. The van der Waals surface area contributed by atoms with E-state index in [4.69, 9.17) is 9.26 Å². The average Bonchev–Trinajstić information content (AvgIpc) is 2.55. The Morgan fingerprint density at radius 3 is 2.00 bits per heavy atom. The third-order valence-corrected chi connectivity index (χ3v) is 4.66. The van der Waals surface area contributed by atoms with Crippen molar-refractivity contribution in [3.05, 3.63) is 0 Å². The van der Waals surface area contributed by atoms with E-state index in [0.717, 1.165) is 58.9 Å². The molecular formula is C20H41N4O4P. The molecule has 0 radical (unpaired) electrons. The molecule has 0 aliphatic carbocycles. The number of hydrogen-bond donors (Lipinski definition) is 1. The first-order valence-electron chi connectivity index (χ1n) is 10.5. The van der Waals surface area contributed by atoms with Crippen LogP contribution in [-0.4, -0.2) is 98.4 Å². The van der Waals surface area contributed by atoms with E-state index < -0.39 is 5.60 Å². The second-order valence-electron chi connectivity index (χ2n) is 9.90. The van der Waals surface area contributed by atoms with Gasteiger partial charge in [-0.05, 0) is 26.2 Å². The molecule has 0 spiro atoms. The Hall–Kier alpha value is -0.630. The fourth-order valence-electron chi connectivity index (χ4n) is 3.28. The summed E-state index contributed by atoms with van der Waals surface area (Å²) >= 11 is 0. The van der Waals surface area contributed by atoms with E-state index in [1.54, 1.807) is 0 Å². The zero-order valence-corrected chi connectivity index (χ0v) is 20.1. The van der Waals surface area contributed by atoms with Crippen molar-refractivity contribution < 1.29 is 18.6 Å². The van der Waals surface area contributed by atoms with Crippen molar-refractivity contribution in [2.24, 2.45) is 5.41 Å². The van der Waals surface area contributed by atoms with Crippen LogP contribution < -0.4 is 5.32 Å². The zero-order valence-electron chi connectivity index (χ0n) is 19.2. The van der Waals surface area contributed by atoms with Crippen molar-refractivity contribution in [3.63, 3.8) is 0 Å². The van der Waals surface area contributed by atoms with Crippen LogP contribution in [0.1, 0.15) is 41.5 Å². The van der Waals surface area contributed by atoms with Crippen LogP contribution in [0.3, 0.4) is 0 Å². The predicted octanol–water partition coefficient (Wildman–Crippen LogP) is 2.06. The summed E-state index contributed by atoms with van der Waals surface area (Å²) in [4.78, 5) is 19.0. The first-order chi connectivity index (χ1) is 13.5. The molecule has 1 fully saturated rings. The molecule has 0 atom stereocenters. The van der Waals surface area contributed by atoms with Crippen molar-refractivity contribution in [3.8, 4) is 0 Å². The Labute approximate surface area is 178 Å². The summed E-state index contributed by atoms with van der Waals surface area (Å²) in [5.41, 5.74) is -0.248. The molecule has 0 aromatic carbocycles. The maximum Gasteiger partial charge on any atom is 0.328 e. The third-order valence-electron chi connectivity index (χ3n) is 4.44. The molecule has 170 valence electrons. The van der Waals surface area contributed by atoms with Gasteiger partial charge in [-0.15, -0.1) is 0 Å². The number of carbonyl (C=O) groups is 1. The third kappa shape index (κ3) is 14.1.